The Hall–Kier alpha value is -1.85. The molecule has 0 aromatic rings. The van der Waals surface area contributed by atoms with E-state index >= 15 is 0 Å². The lowest BCUT2D eigenvalue weighted by molar-refractivity contribution is -0.475. The molecule has 0 spiro atoms. The van der Waals surface area contributed by atoms with Crippen molar-refractivity contribution < 1.29 is 62.6 Å². The molecule has 0 fully saturated rings. The number of alkyl halides is 11. The van der Waals surface area contributed by atoms with Crippen molar-refractivity contribution in [1.29, 1.82) is 5.26 Å². The van der Waals surface area contributed by atoms with Crippen LogP contribution in [0.3, 0.4) is 0 Å². The fourth-order valence-corrected chi connectivity index (χ4v) is 0.903. The van der Waals surface area contributed by atoms with Crippen molar-refractivity contribution >= 4 is 5.97 Å². The number of halogens is 11. The molecular weight excluding hydrogens is 379 g/mol. The van der Waals surface area contributed by atoms with Crippen LogP contribution in [-0.4, -0.2) is 42.8 Å². The molecule has 24 heavy (non-hydrogen) atoms. The molecule has 0 aromatic carbocycles. The molecule has 15 heteroatoms. The number of nitrogens with zero attached hydrogens (tertiary/aromatic N) is 1. The largest absolute Gasteiger partial charge is 0.462 e. The second-order valence-electron chi connectivity index (χ2n) is 3.83. The molecule has 0 N–H and O–H groups in total. The molecule has 1 unspecified atom stereocenters. The Morgan fingerprint density at radius 1 is 0.875 bits per heavy atom. The van der Waals surface area contributed by atoms with Crippen LogP contribution < -0.4 is 0 Å². The molecule has 0 amide bonds. The number of rotatable bonds is 6. The average Bonchev–Trinajstić information content (AvgIpc) is 2.35. The van der Waals surface area contributed by atoms with Gasteiger partial charge >= 0.3 is 36.2 Å². The summed E-state index contributed by atoms with van der Waals surface area (Å²) in [7, 11) is 0. The molecule has 140 valence electrons. The minimum absolute atomic E-state index is 0.866. The smallest absolute Gasteiger partial charge is 0.460 e. The van der Waals surface area contributed by atoms with Gasteiger partial charge < -0.3 is 4.74 Å². The molecule has 4 nitrogen and oxygen atoms in total. The average molecular weight is 383 g/mol. The molecule has 0 aliphatic rings. The van der Waals surface area contributed by atoms with Gasteiger partial charge in [0.15, 0.2) is 0 Å². The Labute approximate surface area is 124 Å². The maximum atomic E-state index is 13.4. The number of carbonyl (C=O) groups excluding carboxylic acids is 1. The number of hydrogen-bond acceptors (Lipinski definition) is 4. The van der Waals surface area contributed by atoms with Gasteiger partial charge in [0.2, 0.25) is 0 Å². The number of carbonyl (C=O) groups is 1. The Bertz CT molecular complexity index is 506. The third-order valence-electron chi connectivity index (χ3n) is 2.06. The van der Waals surface area contributed by atoms with Crippen LogP contribution in [0.5, 0.6) is 0 Å². The first kappa shape index (κ1) is 22.1. The number of nitriles is 1. The summed E-state index contributed by atoms with van der Waals surface area (Å²) in [6, 6.07) is 1.17. The minimum atomic E-state index is -7.27. The summed E-state index contributed by atoms with van der Waals surface area (Å²) in [4.78, 5) is 10.8. The van der Waals surface area contributed by atoms with Gasteiger partial charge in [-0.15, -0.1) is 0 Å². The SMILES string of the molecule is N#CCCOC(=O)C(F)(OC(F)(F)C(F)(F)C(F)(F)F)C(F)(F)F. The molecule has 0 bridgehead atoms. The van der Waals surface area contributed by atoms with Crippen LogP contribution in [0.25, 0.3) is 0 Å². The van der Waals surface area contributed by atoms with E-state index in [1.807, 2.05) is 4.74 Å². The fourth-order valence-electron chi connectivity index (χ4n) is 0.903. The summed E-state index contributed by atoms with van der Waals surface area (Å²) >= 11 is 0. The van der Waals surface area contributed by atoms with Gasteiger partial charge in [0, 0.05) is 0 Å². The number of hydrogen-bond donors (Lipinski definition) is 0. The minimum Gasteiger partial charge on any atom is -0.460 e. The van der Waals surface area contributed by atoms with Crippen molar-refractivity contribution in [2.45, 2.75) is 36.7 Å². The second-order valence-corrected chi connectivity index (χ2v) is 3.83. The molecule has 0 aliphatic heterocycles. The zero-order valence-electron chi connectivity index (χ0n) is 10.7. The van der Waals surface area contributed by atoms with E-state index in [-0.39, 0.29) is 0 Å². The van der Waals surface area contributed by atoms with Gasteiger partial charge in [0.05, 0.1) is 12.5 Å². The van der Waals surface area contributed by atoms with Gasteiger partial charge in [0.25, 0.3) is 0 Å². The Morgan fingerprint density at radius 2 is 1.33 bits per heavy atom. The lowest BCUT2D eigenvalue weighted by Crippen LogP contribution is -2.61. The first-order valence-electron chi connectivity index (χ1n) is 5.26. The second kappa shape index (κ2) is 6.57. The van der Waals surface area contributed by atoms with Gasteiger partial charge in [-0.05, 0) is 0 Å². The van der Waals surface area contributed by atoms with E-state index in [9.17, 15) is 53.1 Å². The molecule has 0 aliphatic carbocycles. The number of esters is 1. The highest BCUT2D eigenvalue weighted by Crippen LogP contribution is 2.51. The molecular formula is C9H4F11NO3. The van der Waals surface area contributed by atoms with E-state index in [0.29, 0.717) is 0 Å². The normalized spacial score (nSPS) is 16.2. The van der Waals surface area contributed by atoms with E-state index in [1.54, 1.807) is 0 Å². The summed E-state index contributed by atoms with van der Waals surface area (Å²) in [6.45, 7) is -1.30. The van der Waals surface area contributed by atoms with E-state index in [4.69, 9.17) is 5.26 Å². The van der Waals surface area contributed by atoms with Gasteiger partial charge in [0.1, 0.15) is 6.61 Å². The van der Waals surface area contributed by atoms with E-state index in [2.05, 4.69) is 4.74 Å². The van der Waals surface area contributed by atoms with Gasteiger partial charge in [-0.25, -0.2) is 4.79 Å². The lowest BCUT2D eigenvalue weighted by atomic mass is 10.2. The summed E-state index contributed by atoms with van der Waals surface area (Å²) in [5.74, 6) is -17.0. The Kier molecular flexibility index (Phi) is 6.06. The molecule has 0 rings (SSSR count). The maximum absolute atomic E-state index is 13.4. The summed E-state index contributed by atoms with van der Waals surface area (Å²) in [5, 5.41) is 7.99. The highest BCUT2D eigenvalue weighted by molar-refractivity contribution is 5.78. The number of ether oxygens (including phenoxy) is 2. The molecule has 0 heterocycles. The molecule has 0 saturated carbocycles. The first-order chi connectivity index (χ1) is 10.4. The standard InChI is InChI=1S/C9H4F11NO3/c10-5(7(13,14)15,4(22)23-3-1-2-21)24-9(19,20)6(11,12)8(16,17)18/h1,3H2. The Balaban J connectivity index is 5.74. The van der Waals surface area contributed by atoms with Crippen LogP contribution >= 0.6 is 0 Å². The van der Waals surface area contributed by atoms with Crippen LogP contribution in [0.1, 0.15) is 6.42 Å². The third kappa shape index (κ3) is 4.16. The zero-order valence-corrected chi connectivity index (χ0v) is 10.7. The Morgan fingerprint density at radius 3 is 1.67 bits per heavy atom. The highest BCUT2D eigenvalue weighted by Gasteiger charge is 2.80. The van der Waals surface area contributed by atoms with E-state index in [1.165, 1.54) is 6.07 Å². The van der Waals surface area contributed by atoms with Gasteiger partial charge in [-0.3, -0.25) is 4.74 Å². The quantitative estimate of drug-likeness (QED) is 0.401. The predicted octanol–water partition coefficient (Wildman–Crippen LogP) is 3.48. The van der Waals surface area contributed by atoms with Crippen molar-refractivity contribution in [3.05, 3.63) is 0 Å². The lowest BCUT2D eigenvalue weighted by Gasteiger charge is -2.33. The van der Waals surface area contributed by atoms with E-state index < -0.39 is 49.2 Å². The van der Waals surface area contributed by atoms with Gasteiger partial charge in [-0.2, -0.15) is 53.6 Å². The van der Waals surface area contributed by atoms with Crippen LogP contribution in [0.4, 0.5) is 48.3 Å². The molecule has 0 radical (unpaired) electrons. The highest BCUT2D eigenvalue weighted by atomic mass is 19.4. The summed E-state index contributed by atoms with van der Waals surface area (Å²) in [5.41, 5.74) is 0. The zero-order chi connectivity index (χ0) is 19.6. The van der Waals surface area contributed by atoms with Crippen molar-refractivity contribution in [3.63, 3.8) is 0 Å². The summed E-state index contributed by atoms with van der Waals surface area (Å²) in [6.07, 6.45) is -21.9. The summed E-state index contributed by atoms with van der Waals surface area (Å²) < 4.78 is 142. The van der Waals surface area contributed by atoms with Crippen molar-refractivity contribution in [3.8, 4) is 6.07 Å². The topological polar surface area (TPSA) is 59.3 Å². The first-order valence-corrected chi connectivity index (χ1v) is 5.26. The fraction of sp³-hybridized carbons (Fsp3) is 0.778. The third-order valence-corrected chi connectivity index (χ3v) is 2.06. The monoisotopic (exact) mass is 383 g/mol. The van der Waals surface area contributed by atoms with Crippen LogP contribution in [0.15, 0.2) is 0 Å². The molecule has 0 aromatic heterocycles. The van der Waals surface area contributed by atoms with Crippen LogP contribution in [0.2, 0.25) is 0 Å². The van der Waals surface area contributed by atoms with Crippen LogP contribution in [-0.2, 0) is 14.3 Å². The van der Waals surface area contributed by atoms with Crippen molar-refractivity contribution in [1.82, 2.24) is 0 Å². The molecule has 1 atom stereocenters. The van der Waals surface area contributed by atoms with Crippen molar-refractivity contribution in [2.24, 2.45) is 0 Å². The molecule has 0 saturated heterocycles. The van der Waals surface area contributed by atoms with E-state index in [0.717, 1.165) is 0 Å². The van der Waals surface area contributed by atoms with Crippen LogP contribution in [0, 0.1) is 11.3 Å². The maximum Gasteiger partial charge on any atom is 0.462 e. The predicted molar refractivity (Wildman–Crippen MR) is 48.1 cm³/mol. The van der Waals surface area contributed by atoms with Gasteiger partial charge in [-0.1, -0.05) is 0 Å². The van der Waals surface area contributed by atoms with Crippen molar-refractivity contribution in [2.75, 3.05) is 6.61 Å².